The molecule has 0 radical (unpaired) electrons. The standard InChI is InChI=1S/C60H100N8O13Si/c1-19-37(8)50-47(69)33-48(70)62-49(36(6)7)53(72)61-42(30-34(2)3)56(75)68-29-21-23-44(68)58(77)66(15)46(32-40-24-26-41(79-16)27-25-40)59(78)80-38(9)51(54(73)63-50)64-52(71)45(31-35(4)5)65(14)57(76)43-22-20-28-67(43)55(74)39(10)81-82(17,18)60(11,12)13/h24-27,34-39,42-47,49-51,69H,19-23,28-33H2,1-18H3,(H,61,72)(H,62,70)(H,63,73)(H,64,71)/t37-,38+,39-,42-,43?,44-,45+,46-,47-,49-,50+,51-/m0/s1. The van der Waals surface area contributed by atoms with Crippen molar-refractivity contribution >= 4 is 61.5 Å². The predicted octanol–water partition coefficient (Wildman–Crippen LogP) is 4.71. The van der Waals surface area contributed by atoms with Crippen LogP contribution >= 0.6 is 0 Å². The number of hydrogen-bond acceptors (Lipinski definition) is 13. The van der Waals surface area contributed by atoms with E-state index in [9.17, 15) is 33.9 Å². The maximum Gasteiger partial charge on any atom is 0.329 e. The van der Waals surface area contributed by atoms with Gasteiger partial charge in [-0.2, -0.15) is 0 Å². The second kappa shape index (κ2) is 29.8. The number of rotatable bonds is 17. The Morgan fingerprint density at radius 3 is 2.06 bits per heavy atom. The number of aliphatic hydroxyl groups excluding tert-OH is 1. The van der Waals surface area contributed by atoms with Gasteiger partial charge in [-0.25, -0.2) is 4.79 Å². The van der Waals surface area contributed by atoms with E-state index in [0.717, 1.165) is 0 Å². The SMILES string of the molecule is CC[C@H](C)[C@H]1NC(=O)[C@@H](NC(=O)[C@@H](CC(C)C)N(C)C(=O)C2CCCN2C(=O)[C@H](C)O[Si](C)(C)C(C)(C)C)[C@@H](C)OC(=O)[C@H](Cc2ccc(OC)cc2)N(C)C(=O)[C@@H]2CCCN2C(=O)[C@H](CC(C)C)NC(=O)[C@H](C(C)C)NC(=O)C[C@@H]1O. The molecule has 0 aliphatic carbocycles. The number of cyclic esters (lactones) is 1. The van der Waals surface area contributed by atoms with Gasteiger partial charge in [0.15, 0.2) is 8.32 Å². The molecule has 0 spiro atoms. The van der Waals surface area contributed by atoms with Crippen molar-refractivity contribution in [3.8, 4) is 5.75 Å². The van der Waals surface area contributed by atoms with Gasteiger partial charge < -0.3 is 59.9 Å². The average molecular weight is 1170 g/mol. The lowest BCUT2D eigenvalue weighted by atomic mass is 9.91. The lowest BCUT2D eigenvalue weighted by Crippen LogP contribution is -2.62. The van der Waals surface area contributed by atoms with Crippen molar-refractivity contribution in [2.24, 2.45) is 23.7 Å². The topological polar surface area (TPSA) is 263 Å². The first-order chi connectivity index (χ1) is 38.1. The molecular formula is C60H100N8O13Si. The van der Waals surface area contributed by atoms with Gasteiger partial charge in [0.25, 0.3) is 5.91 Å². The third kappa shape index (κ3) is 17.7. The van der Waals surface area contributed by atoms with Crippen LogP contribution in [0, 0.1) is 23.7 Å². The van der Waals surface area contributed by atoms with E-state index in [2.05, 4.69) is 55.1 Å². The summed E-state index contributed by atoms with van der Waals surface area (Å²) in [6, 6.07) is -2.70. The Morgan fingerprint density at radius 1 is 0.878 bits per heavy atom. The van der Waals surface area contributed by atoms with Crippen molar-refractivity contribution in [2.45, 2.75) is 233 Å². The first kappa shape index (κ1) is 68.9. The summed E-state index contributed by atoms with van der Waals surface area (Å²) >= 11 is 0. The van der Waals surface area contributed by atoms with E-state index in [1.165, 1.54) is 47.7 Å². The highest BCUT2D eigenvalue weighted by Gasteiger charge is 2.47. The Bertz CT molecular complexity index is 2400. The van der Waals surface area contributed by atoms with Gasteiger partial charge in [0.1, 0.15) is 60.3 Å². The highest BCUT2D eigenvalue weighted by atomic mass is 28.4. The van der Waals surface area contributed by atoms with Crippen molar-refractivity contribution < 1.29 is 62.2 Å². The fraction of sp³-hybridized carbons (Fsp3) is 0.750. The zero-order valence-corrected chi connectivity index (χ0v) is 53.4. The van der Waals surface area contributed by atoms with Crippen LogP contribution in [-0.4, -0.2) is 187 Å². The summed E-state index contributed by atoms with van der Waals surface area (Å²) in [6.07, 6.45) is -2.16. The van der Waals surface area contributed by atoms with E-state index in [-0.39, 0.29) is 55.0 Å². The second-order valence-electron chi connectivity index (χ2n) is 25.8. The van der Waals surface area contributed by atoms with E-state index in [1.807, 2.05) is 34.6 Å². The fourth-order valence-corrected chi connectivity index (χ4v) is 12.2. The lowest BCUT2D eigenvalue weighted by molar-refractivity contribution is -0.162. The zero-order chi connectivity index (χ0) is 61.9. The molecule has 1 unspecified atom stereocenters. The highest BCUT2D eigenvalue weighted by Crippen LogP contribution is 2.38. The Labute approximate surface area is 488 Å². The van der Waals surface area contributed by atoms with Crippen molar-refractivity contribution in [3.05, 3.63) is 29.8 Å². The summed E-state index contributed by atoms with van der Waals surface area (Å²) in [4.78, 5) is 137. The molecular weight excluding hydrogens is 1070 g/mol. The molecule has 462 valence electrons. The van der Waals surface area contributed by atoms with E-state index in [0.29, 0.717) is 43.5 Å². The van der Waals surface area contributed by atoms with Gasteiger partial charge in [-0.1, -0.05) is 94.7 Å². The molecule has 12 atom stereocenters. The smallest absolute Gasteiger partial charge is 0.329 e. The van der Waals surface area contributed by atoms with Crippen molar-refractivity contribution in [1.82, 2.24) is 40.9 Å². The number of nitrogens with one attached hydrogen (secondary N) is 4. The first-order valence-corrected chi connectivity index (χ1v) is 32.6. The molecule has 0 bridgehead atoms. The predicted molar refractivity (Wildman–Crippen MR) is 314 cm³/mol. The third-order valence-corrected chi connectivity index (χ3v) is 21.6. The summed E-state index contributed by atoms with van der Waals surface area (Å²) in [5.41, 5.74) is 0.611. The number of amides is 8. The normalized spacial score (nSPS) is 26.3. The van der Waals surface area contributed by atoms with Crippen LogP contribution in [0.3, 0.4) is 0 Å². The fourth-order valence-electron chi connectivity index (χ4n) is 10.8. The summed E-state index contributed by atoms with van der Waals surface area (Å²) < 4.78 is 18.1. The van der Waals surface area contributed by atoms with Crippen LogP contribution < -0.4 is 26.0 Å². The number of benzene rings is 1. The molecule has 22 heteroatoms. The number of carbonyl (C=O) groups excluding carboxylic acids is 9. The van der Waals surface area contributed by atoms with E-state index < -0.39 is 141 Å². The molecule has 82 heavy (non-hydrogen) atoms. The molecule has 3 saturated heterocycles. The maximum absolute atomic E-state index is 15.1. The van der Waals surface area contributed by atoms with Crippen LogP contribution in [0.4, 0.5) is 0 Å². The molecule has 3 heterocycles. The third-order valence-electron chi connectivity index (χ3n) is 17.1. The minimum absolute atomic E-state index is 0.0796. The Kier molecular flexibility index (Phi) is 25.0. The van der Waals surface area contributed by atoms with Gasteiger partial charge in [-0.05, 0) is 112 Å². The number of ether oxygens (including phenoxy) is 2. The molecule has 0 aromatic heterocycles. The lowest BCUT2D eigenvalue weighted by Gasteiger charge is -2.39. The molecule has 1 aromatic carbocycles. The molecule has 8 amide bonds. The van der Waals surface area contributed by atoms with Crippen LogP contribution in [0.15, 0.2) is 24.3 Å². The van der Waals surface area contributed by atoms with Gasteiger partial charge >= 0.3 is 5.97 Å². The number of likely N-dealkylation sites (N-methyl/N-ethyl adjacent to an activating group) is 2. The molecule has 3 fully saturated rings. The quantitative estimate of drug-likeness (QED) is 0.105. The number of aliphatic hydroxyl groups is 1. The minimum Gasteiger partial charge on any atom is -0.497 e. The molecule has 4 rings (SSSR count). The van der Waals surface area contributed by atoms with Gasteiger partial charge in [0, 0.05) is 33.6 Å². The summed E-state index contributed by atoms with van der Waals surface area (Å²) in [5, 5.41) is 23.1. The number of fused-ring (bicyclic) bond motifs is 1. The van der Waals surface area contributed by atoms with Gasteiger partial charge in [-0.3, -0.25) is 38.4 Å². The number of nitrogens with zero attached hydrogens (tertiary/aromatic N) is 4. The van der Waals surface area contributed by atoms with Crippen molar-refractivity contribution in [2.75, 3.05) is 34.3 Å². The van der Waals surface area contributed by atoms with E-state index in [1.54, 1.807) is 52.0 Å². The van der Waals surface area contributed by atoms with Crippen LogP contribution in [-0.2, 0) is 58.7 Å². The number of hydrogen-bond donors (Lipinski definition) is 5. The molecule has 5 N–H and O–H groups in total. The number of likely N-dealkylation sites (tertiary alicyclic amines) is 1. The highest BCUT2D eigenvalue weighted by molar-refractivity contribution is 6.74. The van der Waals surface area contributed by atoms with Crippen LogP contribution in [0.5, 0.6) is 5.75 Å². The summed E-state index contributed by atoms with van der Waals surface area (Å²) in [7, 11) is 2.05. The van der Waals surface area contributed by atoms with Crippen LogP contribution in [0.25, 0.3) is 0 Å². The largest absolute Gasteiger partial charge is 0.497 e. The molecule has 3 aliphatic rings. The monoisotopic (exact) mass is 1170 g/mol. The first-order valence-electron chi connectivity index (χ1n) is 29.7. The summed E-state index contributed by atoms with van der Waals surface area (Å²) in [6.45, 7) is 28.6. The number of carbonyl (C=O) groups is 9. The van der Waals surface area contributed by atoms with Crippen molar-refractivity contribution in [3.63, 3.8) is 0 Å². The van der Waals surface area contributed by atoms with E-state index >= 15 is 14.4 Å². The summed E-state index contributed by atoms with van der Waals surface area (Å²) in [5.74, 6) is -6.51. The van der Waals surface area contributed by atoms with Crippen LogP contribution in [0.2, 0.25) is 18.1 Å². The van der Waals surface area contributed by atoms with Gasteiger partial charge in [0.2, 0.25) is 41.4 Å². The Hall–Kier alpha value is -5.61. The number of esters is 1. The van der Waals surface area contributed by atoms with E-state index in [4.69, 9.17) is 13.9 Å². The average Bonchev–Trinajstić information content (AvgIpc) is 4.29. The Balaban J connectivity index is 1.84. The molecule has 0 saturated carbocycles. The van der Waals surface area contributed by atoms with Crippen molar-refractivity contribution in [1.29, 1.82) is 0 Å². The maximum atomic E-state index is 15.1. The van der Waals surface area contributed by atoms with Gasteiger partial charge in [0.05, 0.1) is 25.7 Å². The van der Waals surface area contributed by atoms with Gasteiger partial charge in [-0.15, -0.1) is 0 Å². The van der Waals surface area contributed by atoms with Crippen LogP contribution in [0.1, 0.15) is 147 Å². The molecule has 1 aromatic rings. The number of methoxy groups -OCH3 is 1. The Morgan fingerprint density at radius 2 is 1.50 bits per heavy atom. The molecule has 21 nitrogen and oxygen atoms in total. The second-order valence-corrected chi connectivity index (χ2v) is 30.6. The minimum atomic E-state index is -2.39. The molecule has 3 aliphatic heterocycles. The zero-order valence-electron chi connectivity index (χ0n) is 52.4.